The summed E-state index contributed by atoms with van der Waals surface area (Å²) >= 11 is 1.76. The van der Waals surface area contributed by atoms with Gasteiger partial charge < -0.3 is 4.79 Å². The number of aldehydes is 1. The van der Waals surface area contributed by atoms with Gasteiger partial charge in [-0.3, -0.25) is 0 Å². The molecule has 1 aromatic heterocycles. The van der Waals surface area contributed by atoms with Crippen LogP contribution in [0.2, 0.25) is 0 Å². The maximum Gasteiger partial charge on any atom is 0.122 e. The van der Waals surface area contributed by atoms with Gasteiger partial charge in [0.25, 0.3) is 0 Å². The number of hydrogen-bond donors (Lipinski definition) is 0. The molecule has 1 nitrogen and oxygen atoms in total. The summed E-state index contributed by atoms with van der Waals surface area (Å²) in [6.45, 7) is 1.96. The van der Waals surface area contributed by atoms with E-state index >= 15 is 0 Å². The normalized spacial score (nSPS) is 12.8. The Kier molecular flexibility index (Phi) is 3.30. The lowest BCUT2D eigenvalue weighted by Gasteiger charge is -1.99. The second-order valence-electron chi connectivity index (χ2n) is 2.73. The molecule has 0 aliphatic rings. The van der Waals surface area contributed by atoms with Crippen molar-refractivity contribution in [1.82, 2.24) is 0 Å². The second kappa shape index (κ2) is 4.29. The largest absolute Gasteiger partial charge is 0.303 e. The second-order valence-corrected chi connectivity index (χ2v) is 3.76. The third kappa shape index (κ3) is 2.85. The molecule has 1 aromatic rings. The van der Waals surface area contributed by atoms with E-state index < -0.39 is 0 Å². The Morgan fingerprint density at radius 3 is 3.09 bits per heavy atom. The topological polar surface area (TPSA) is 17.1 Å². The first-order chi connectivity index (χ1) is 5.33. The highest BCUT2D eigenvalue weighted by Gasteiger charge is 2.00. The average Bonchev–Trinajstić information content (AvgIpc) is 2.52. The van der Waals surface area contributed by atoms with E-state index in [4.69, 9.17) is 0 Å². The number of aryl methyl sites for hydroxylation is 1. The van der Waals surface area contributed by atoms with E-state index in [1.807, 2.05) is 13.0 Å². The van der Waals surface area contributed by atoms with Crippen LogP contribution in [-0.2, 0) is 11.2 Å². The molecule has 0 bridgehead atoms. The predicted octanol–water partition coefficient (Wildman–Crippen LogP) is 2.52. The van der Waals surface area contributed by atoms with Crippen molar-refractivity contribution in [2.45, 2.75) is 19.8 Å². The third-order valence-electron chi connectivity index (χ3n) is 1.66. The number of carbonyl (C=O) groups excluding carboxylic acids is 1. The molecule has 0 radical (unpaired) electrons. The summed E-state index contributed by atoms with van der Waals surface area (Å²) < 4.78 is 0. The van der Waals surface area contributed by atoms with Crippen molar-refractivity contribution < 1.29 is 4.79 Å². The Balaban J connectivity index is 2.28. The van der Waals surface area contributed by atoms with Crippen LogP contribution in [0.1, 0.15) is 18.2 Å². The summed E-state index contributed by atoms with van der Waals surface area (Å²) in [7, 11) is 0. The molecular formula is C9H12OS. The highest BCUT2D eigenvalue weighted by molar-refractivity contribution is 7.09. The number of hydrogen-bond acceptors (Lipinski definition) is 2. The third-order valence-corrected chi connectivity index (χ3v) is 2.59. The fraction of sp³-hybridized carbons (Fsp3) is 0.444. The fourth-order valence-corrected chi connectivity index (χ4v) is 1.62. The smallest absolute Gasteiger partial charge is 0.122 e. The lowest BCUT2D eigenvalue weighted by Crippen LogP contribution is -1.96. The number of rotatable bonds is 4. The van der Waals surface area contributed by atoms with Gasteiger partial charge in [0.05, 0.1) is 0 Å². The maximum absolute atomic E-state index is 10.3. The molecule has 2 heteroatoms. The molecule has 0 aliphatic heterocycles. The molecule has 0 N–H and O–H groups in total. The van der Waals surface area contributed by atoms with Crippen molar-refractivity contribution in [2.75, 3.05) is 0 Å². The van der Waals surface area contributed by atoms with Crippen LogP contribution in [0, 0.1) is 5.92 Å². The minimum atomic E-state index is 0.206. The van der Waals surface area contributed by atoms with Gasteiger partial charge in [0.1, 0.15) is 6.29 Å². The molecule has 0 amide bonds. The van der Waals surface area contributed by atoms with Crippen LogP contribution in [0.25, 0.3) is 0 Å². The van der Waals surface area contributed by atoms with E-state index in [9.17, 15) is 4.79 Å². The van der Waals surface area contributed by atoms with E-state index in [2.05, 4.69) is 11.4 Å². The summed E-state index contributed by atoms with van der Waals surface area (Å²) in [5.41, 5.74) is 0. The zero-order valence-corrected chi connectivity index (χ0v) is 7.43. The molecular weight excluding hydrogens is 156 g/mol. The van der Waals surface area contributed by atoms with Crippen LogP contribution in [0.4, 0.5) is 0 Å². The zero-order chi connectivity index (χ0) is 8.10. The van der Waals surface area contributed by atoms with Crippen LogP contribution in [0.5, 0.6) is 0 Å². The molecule has 0 spiro atoms. The van der Waals surface area contributed by atoms with Gasteiger partial charge >= 0.3 is 0 Å². The lowest BCUT2D eigenvalue weighted by atomic mass is 10.1. The van der Waals surface area contributed by atoms with Gasteiger partial charge in [-0.25, -0.2) is 0 Å². The van der Waals surface area contributed by atoms with E-state index in [1.54, 1.807) is 11.3 Å². The minimum absolute atomic E-state index is 0.206. The van der Waals surface area contributed by atoms with Gasteiger partial charge in [-0.1, -0.05) is 13.0 Å². The van der Waals surface area contributed by atoms with Crippen molar-refractivity contribution in [1.29, 1.82) is 0 Å². The van der Waals surface area contributed by atoms with Crippen LogP contribution in [0.15, 0.2) is 17.5 Å². The molecule has 0 aliphatic carbocycles. The van der Waals surface area contributed by atoms with Gasteiger partial charge in [-0.2, -0.15) is 0 Å². The molecule has 0 saturated carbocycles. The van der Waals surface area contributed by atoms with E-state index in [0.717, 1.165) is 19.1 Å². The molecule has 11 heavy (non-hydrogen) atoms. The Labute approximate surface area is 71.1 Å². The van der Waals surface area contributed by atoms with Crippen LogP contribution in [-0.4, -0.2) is 6.29 Å². The van der Waals surface area contributed by atoms with Crippen molar-refractivity contribution in [3.8, 4) is 0 Å². The fourth-order valence-electron chi connectivity index (χ4n) is 0.893. The molecule has 1 unspecified atom stereocenters. The lowest BCUT2D eigenvalue weighted by molar-refractivity contribution is -0.110. The average molecular weight is 168 g/mol. The summed E-state index contributed by atoms with van der Waals surface area (Å²) in [5, 5.41) is 2.07. The predicted molar refractivity (Wildman–Crippen MR) is 47.9 cm³/mol. The van der Waals surface area contributed by atoms with Gasteiger partial charge in [-0.15, -0.1) is 11.3 Å². The summed E-state index contributed by atoms with van der Waals surface area (Å²) in [6, 6.07) is 4.16. The standard InChI is InChI=1S/C9H12OS/c1-8(7-10)4-5-9-3-2-6-11-9/h2-3,6-8H,4-5H2,1H3. The minimum Gasteiger partial charge on any atom is -0.303 e. The van der Waals surface area contributed by atoms with Gasteiger partial charge in [0.2, 0.25) is 0 Å². The first kappa shape index (κ1) is 8.47. The maximum atomic E-state index is 10.3. The molecule has 1 heterocycles. The Morgan fingerprint density at radius 2 is 2.55 bits per heavy atom. The molecule has 0 aromatic carbocycles. The molecule has 1 atom stereocenters. The Bertz CT molecular complexity index is 203. The monoisotopic (exact) mass is 168 g/mol. The van der Waals surface area contributed by atoms with Crippen molar-refractivity contribution in [3.63, 3.8) is 0 Å². The SMILES string of the molecule is CC(C=O)CCc1cccs1. The van der Waals surface area contributed by atoms with Crippen LogP contribution >= 0.6 is 11.3 Å². The van der Waals surface area contributed by atoms with Crippen LogP contribution in [0.3, 0.4) is 0 Å². The molecule has 0 fully saturated rings. The van der Waals surface area contributed by atoms with E-state index in [-0.39, 0.29) is 5.92 Å². The Hall–Kier alpha value is -0.630. The van der Waals surface area contributed by atoms with E-state index in [0.29, 0.717) is 0 Å². The zero-order valence-electron chi connectivity index (χ0n) is 6.62. The van der Waals surface area contributed by atoms with Gasteiger partial charge in [-0.05, 0) is 24.3 Å². The van der Waals surface area contributed by atoms with Crippen molar-refractivity contribution >= 4 is 17.6 Å². The number of thiophene rings is 1. The first-order valence-electron chi connectivity index (χ1n) is 3.80. The Morgan fingerprint density at radius 1 is 1.73 bits per heavy atom. The highest BCUT2D eigenvalue weighted by atomic mass is 32.1. The van der Waals surface area contributed by atoms with E-state index in [1.165, 1.54) is 4.88 Å². The quantitative estimate of drug-likeness (QED) is 0.631. The van der Waals surface area contributed by atoms with Crippen LogP contribution < -0.4 is 0 Å². The molecule has 0 saturated heterocycles. The van der Waals surface area contributed by atoms with Gasteiger partial charge in [0, 0.05) is 10.8 Å². The summed E-state index contributed by atoms with van der Waals surface area (Å²) in [6.07, 6.45) is 3.04. The van der Waals surface area contributed by atoms with Crippen molar-refractivity contribution in [2.24, 2.45) is 5.92 Å². The van der Waals surface area contributed by atoms with Crippen molar-refractivity contribution in [3.05, 3.63) is 22.4 Å². The molecule has 1 rings (SSSR count). The highest BCUT2D eigenvalue weighted by Crippen LogP contribution is 2.13. The summed E-state index contributed by atoms with van der Waals surface area (Å²) in [4.78, 5) is 11.6. The first-order valence-corrected chi connectivity index (χ1v) is 4.68. The van der Waals surface area contributed by atoms with Gasteiger partial charge in [0.15, 0.2) is 0 Å². The summed E-state index contributed by atoms with van der Waals surface area (Å²) in [5.74, 6) is 0.206. The number of carbonyl (C=O) groups is 1. The molecule has 60 valence electrons.